The van der Waals surface area contributed by atoms with Crippen LogP contribution in [0, 0.1) is 20.8 Å². The summed E-state index contributed by atoms with van der Waals surface area (Å²) in [6.07, 6.45) is 7.02. The van der Waals surface area contributed by atoms with Crippen molar-refractivity contribution in [1.29, 1.82) is 0 Å². The van der Waals surface area contributed by atoms with E-state index >= 15 is 0 Å². The molecule has 11 heteroatoms. The number of hydrogen-bond donors (Lipinski definition) is 4. The van der Waals surface area contributed by atoms with Gasteiger partial charge in [-0.3, -0.25) is 9.59 Å². The number of rotatable bonds is 8. The summed E-state index contributed by atoms with van der Waals surface area (Å²) in [7, 11) is 0. The van der Waals surface area contributed by atoms with Crippen LogP contribution in [0.2, 0.25) is 0 Å². The van der Waals surface area contributed by atoms with Gasteiger partial charge in [-0.05, 0) is 59.9 Å². The van der Waals surface area contributed by atoms with Crippen molar-refractivity contribution in [1.82, 2.24) is 15.0 Å². The number of aliphatic carboxylic acids is 2. The van der Waals surface area contributed by atoms with Gasteiger partial charge in [0.15, 0.2) is 0 Å². The van der Waals surface area contributed by atoms with Gasteiger partial charge in [0.2, 0.25) is 0 Å². The molecular weight excluding hydrogens is 648 g/mol. The maximum Gasteiger partial charge on any atom is 4.00 e. The van der Waals surface area contributed by atoms with Crippen LogP contribution in [0.3, 0.4) is 0 Å². The maximum atomic E-state index is 11.6. The number of aromatic nitrogens is 3. The minimum atomic E-state index is -0.885. The second-order valence-corrected chi connectivity index (χ2v) is 13.4. The molecule has 8 bridgehead atoms. The largest absolute Gasteiger partial charge is 4.00 e. The molecule has 3 aromatic rings. The van der Waals surface area contributed by atoms with Crippen molar-refractivity contribution in [2.75, 3.05) is 0 Å². The summed E-state index contributed by atoms with van der Waals surface area (Å²) in [6, 6.07) is -0.227. The predicted octanol–water partition coefficient (Wildman–Crippen LogP) is 4.97. The fourth-order valence-electron chi connectivity index (χ4n) is 6.51. The summed E-state index contributed by atoms with van der Waals surface area (Å²) in [5, 5.41) is 25.6. The molecule has 3 aromatic heterocycles. The van der Waals surface area contributed by atoms with Gasteiger partial charge in [-0.1, -0.05) is 69.7 Å². The zero-order valence-corrected chi connectivity index (χ0v) is 29.1. The van der Waals surface area contributed by atoms with E-state index in [0.29, 0.717) is 36.3 Å². The van der Waals surface area contributed by atoms with E-state index in [1.807, 2.05) is 52.8 Å². The Bertz CT molecular complexity index is 1840. The van der Waals surface area contributed by atoms with Gasteiger partial charge >= 0.3 is 29.0 Å². The molecule has 0 fully saturated rings. The quantitative estimate of drug-likeness (QED) is 0.195. The van der Waals surface area contributed by atoms with Gasteiger partial charge in [0.05, 0.1) is 0 Å². The van der Waals surface area contributed by atoms with E-state index in [2.05, 4.69) is 6.92 Å². The summed E-state index contributed by atoms with van der Waals surface area (Å²) in [5.41, 5.74) is 11.6. The third kappa shape index (κ3) is 6.92. The Balaban J connectivity index is 0.00000461. The first-order chi connectivity index (χ1) is 20.8. The second-order valence-electron chi connectivity index (χ2n) is 11.9. The first-order valence-corrected chi connectivity index (χ1v) is 15.9. The molecular formula is C34H38FeN4O4S2. The van der Waals surface area contributed by atoms with Crippen molar-refractivity contribution in [3.63, 3.8) is 0 Å². The zero-order chi connectivity index (χ0) is 32.0. The number of fused-ring (bicyclic) bond motifs is 8. The molecule has 0 radical (unpaired) electrons. The minimum Gasteiger partial charge on any atom is -0.678 e. The van der Waals surface area contributed by atoms with E-state index in [1.54, 1.807) is 0 Å². The Morgan fingerprint density at radius 3 is 2.02 bits per heavy atom. The van der Waals surface area contributed by atoms with Crippen LogP contribution in [0.1, 0.15) is 107 Å². The number of thiol groups is 2. The van der Waals surface area contributed by atoms with E-state index in [9.17, 15) is 19.8 Å². The van der Waals surface area contributed by atoms with Gasteiger partial charge in [0.1, 0.15) is 0 Å². The third-order valence-corrected chi connectivity index (χ3v) is 9.36. The molecule has 2 aliphatic rings. The van der Waals surface area contributed by atoms with E-state index in [4.69, 9.17) is 45.5 Å². The molecule has 3 atom stereocenters. The number of nitrogens with zero attached hydrogens (tertiary/aromatic N) is 4. The van der Waals surface area contributed by atoms with Crippen LogP contribution in [0.15, 0.2) is 16.8 Å². The standard InChI is InChI=1S/C34H38N4O4S2.Fe/c1-15-21(7-9-31(39)40)27-14-28-22(8-10-32(41)42)16(2)24(36-28)12-29-34(20(6)44)18(4)26(38-29)13-30-33(19(5)43)17(3)25(37-30)11-23(15)35-27;/h11,13-14,19-20,24,43-44H,7-10,12H2,1-6H3,(H,39,40)(H,41,42);/q-4;+4/b25-11-,28-14-,30-13-;/t19-,20-,24?;/m0./s1. The molecule has 0 amide bonds. The first-order valence-electron chi connectivity index (χ1n) is 14.9. The number of carboxylic acids is 2. The van der Waals surface area contributed by atoms with Crippen molar-refractivity contribution in [3.8, 4) is 0 Å². The number of hydrogen-bond acceptors (Lipinski definition) is 4. The molecule has 8 nitrogen and oxygen atoms in total. The Hall–Kier alpha value is -2.98. The molecule has 238 valence electrons. The molecule has 0 aliphatic carbocycles. The Labute approximate surface area is 285 Å². The van der Waals surface area contributed by atoms with Gasteiger partial charge in [-0.2, -0.15) is 31.0 Å². The third-order valence-electron chi connectivity index (χ3n) is 8.85. The van der Waals surface area contributed by atoms with Crippen LogP contribution in [0.25, 0.3) is 23.5 Å². The summed E-state index contributed by atoms with van der Waals surface area (Å²) in [6.45, 7) is 12.2. The average Bonchev–Trinajstić information content (AvgIpc) is 3.59. The average molecular weight is 687 g/mol. The number of allylic oxidation sites excluding steroid dienone is 1. The second kappa shape index (κ2) is 13.8. The van der Waals surface area contributed by atoms with Crippen LogP contribution in [-0.4, -0.2) is 28.2 Å². The predicted molar refractivity (Wildman–Crippen MR) is 179 cm³/mol. The van der Waals surface area contributed by atoms with E-state index in [-0.39, 0.29) is 46.5 Å². The summed E-state index contributed by atoms with van der Waals surface area (Å²) >= 11 is 9.62. The normalized spacial score (nSPS) is 19.7. The Morgan fingerprint density at radius 2 is 1.40 bits per heavy atom. The van der Waals surface area contributed by atoms with Gasteiger partial charge in [-0.25, -0.2) is 0 Å². The van der Waals surface area contributed by atoms with Crippen molar-refractivity contribution in [2.24, 2.45) is 0 Å². The maximum absolute atomic E-state index is 11.6. The zero-order valence-electron chi connectivity index (χ0n) is 26.2. The molecule has 5 rings (SSSR count). The Kier molecular flexibility index (Phi) is 10.7. The van der Waals surface area contributed by atoms with Crippen molar-refractivity contribution >= 4 is 55.4 Å². The van der Waals surface area contributed by atoms with E-state index in [1.165, 1.54) is 0 Å². The minimum absolute atomic E-state index is 0. The van der Waals surface area contributed by atoms with E-state index in [0.717, 1.165) is 66.6 Å². The van der Waals surface area contributed by atoms with Crippen LogP contribution < -0.4 is 25.7 Å². The summed E-state index contributed by atoms with van der Waals surface area (Å²) < 4.78 is 0. The van der Waals surface area contributed by atoms with Gasteiger partial charge < -0.3 is 30.5 Å². The van der Waals surface area contributed by atoms with Crippen LogP contribution in [0.5, 0.6) is 0 Å². The molecule has 1 unspecified atom stereocenters. The topological polar surface area (TPSA) is 131 Å². The molecule has 0 spiro atoms. The number of carbonyl (C=O) groups is 2. The van der Waals surface area contributed by atoms with Gasteiger partial charge in [0, 0.05) is 23.3 Å². The van der Waals surface area contributed by atoms with Crippen LogP contribution in [0.4, 0.5) is 0 Å². The molecule has 5 heterocycles. The first kappa shape index (κ1) is 34.9. The van der Waals surface area contributed by atoms with Crippen LogP contribution >= 0.6 is 25.3 Å². The molecule has 2 N–H and O–H groups in total. The molecule has 0 saturated heterocycles. The summed E-state index contributed by atoms with van der Waals surface area (Å²) in [4.78, 5) is 38.3. The smallest absolute Gasteiger partial charge is 0.678 e. The fourth-order valence-corrected chi connectivity index (χ4v) is 7.18. The summed E-state index contributed by atoms with van der Waals surface area (Å²) in [5.74, 6) is -1.76. The molecule has 0 saturated carbocycles. The number of carboxylic acid groups (broad SMARTS) is 2. The monoisotopic (exact) mass is 686 g/mol. The van der Waals surface area contributed by atoms with Gasteiger partial charge in [-0.15, -0.1) is 33.5 Å². The molecule has 45 heavy (non-hydrogen) atoms. The van der Waals surface area contributed by atoms with Crippen LogP contribution in [-0.2, 0) is 39.5 Å². The fraction of sp³-hybridized carbons (Fsp3) is 0.412. The Morgan fingerprint density at radius 1 is 0.800 bits per heavy atom. The van der Waals surface area contributed by atoms with Crippen molar-refractivity contribution in [3.05, 3.63) is 89.0 Å². The molecule has 0 aromatic carbocycles. The van der Waals surface area contributed by atoms with Gasteiger partial charge in [0.25, 0.3) is 0 Å². The molecule has 2 aliphatic heterocycles. The van der Waals surface area contributed by atoms with E-state index < -0.39 is 11.9 Å². The van der Waals surface area contributed by atoms with Crippen molar-refractivity contribution in [2.45, 2.75) is 90.2 Å². The SMILES string of the molecule is CC1=C(CCC(=O)O)/C2=C/c3[n-]c(c(C)c3CCC(=O)O)/C=c3\[n-]/c(c([C@H](C)S)c3C)=C\c3[n-]c(c([C@H](C)S)c3C)CC1[N-]2.[Fe+4]. The van der Waals surface area contributed by atoms with Crippen molar-refractivity contribution < 1.29 is 36.9 Å².